The lowest BCUT2D eigenvalue weighted by Gasteiger charge is -2.37. The van der Waals surface area contributed by atoms with E-state index in [9.17, 15) is 14.7 Å². The van der Waals surface area contributed by atoms with Gasteiger partial charge in [-0.2, -0.15) is 0 Å². The van der Waals surface area contributed by atoms with Crippen molar-refractivity contribution in [1.29, 1.82) is 0 Å². The van der Waals surface area contributed by atoms with E-state index in [0.717, 1.165) is 51.4 Å². The second kappa shape index (κ2) is 6.67. The van der Waals surface area contributed by atoms with Crippen LogP contribution in [0.25, 0.3) is 0 Å². The zero-order valence-electron chi connectivity index (χ0n) is 13.0. The largest absolute Gasteiger partial charge is 0.480 e. The summed E-state index contributed by atoms with van der Waals surface area (Å²) >= 11 is 0. The SMILES string of the molecule is CC1(NC(=O)NC2(C(=O)O)CCCCCC2)CCCCC1. The molecule has 0 aromatic carbocycles. The molecule has 2 aliphatic carbocycles. The lowest BCUT2D eigenvalue weighted by Crippen LogP contribution is -2.60. The molecule has 0 aromatic rings. The summed E-state index contributed by atoms with van der Waals surface area (Å²) in [4.78, 5) is 24.0. The van der Waals surface area contributed by atoms with Gasteiger partial charge in [0.05, 0.1) is 0 Å². The Morgan fingerprint density at radius 1 is 0.810 bits per heavy atom. The van der Waals surface area contributed by atoms with Gasteiger partial charge in [0.15, 0.2) is 0 Å². The van der Waals surface area contributed by atoms with Crippen LogP contribution in [0.15, 0.2) is 0 Å². The molecule has 0 saturated heterocycles. The van der Waals surface area contributed by atoms with Gasteiger partial charge in [-0.25, -0.2) is 9.59 Å². The maximum absolute atomic E-state index is 12.3. The zero-order valence-corrected chi connectivity index (χ0v) is 13.0. The number of nitrogens with one attached hydrogen (secondary N) is 2. The fourth-order valence-corrected chi connectivity index (χ4v) is 3.70. The first-order valence-corrected chi connectivity index (χ1v) is 8.30. The molecule has 0 spiro atoms. The first-order valence-electron chi connectivity index (χ1n) is 8.30. The number of carbonyl (C=O) groups excluding carboxylic acids is 1. The highest BCUT2D eigenvalue weighted by molar-refractivity contribution is 5.86. The fourth-order valence-electron chi connectivity index (χ4n) is 3.70. The third kappa shape index (κ3) is 4.11. The standard InChI is InChI=1S/C16H28N2O3/c1-15(9-5-4-6-10-15)17-14(21)18-16(13(19)20)11-7-2-3-8-12-16/h2-12H2,1H3,(H,19,20)(H2,17,18,21). The summed E-state index contributed by atoms with van der Waals surface area (Å²) in [5, 5.41) is 15.4. The van der Waals surface area contributed by atoms with E-state index in [-0.39, 0.29) is 11.6 Å². The molecule has 0 bridgehead atoms. The van der Waals surface area contributed by atoms with Crippen LogP contribution in [0.4, 0.5) is 4.79 Å². The predicted molar refractivity (Wildman–Crippen MR) is 81.2 cm³/mol. The van der Waals surface area contributed by atoms with Crippen molar-refractivity contribution in [3.8, 4) is 0 Å². The van der Waals surface area contributed by atoms with E-state index in [0.29, 0.717) is 12.8 Å². The van der Waals surface area contributed by atoms with Gasteiger partial charge in [-0.05, 0) is 32.6 Å². The van der Waals surface area contributed by atoms with Crippen LogP contribution in [-0.2, 0) is 4.79 Å². The quantitative estimate of drug-likeness (QED) is 0.700. The lowest BCUT2D eigenvalue weighted by molar-refractivity contribution is -0.145. The van der Waals surface area contributed by atoms with Gasteiger partial charge in [-0.1, -0.05) is 44.9 Å². The highest BCUT2D eigenvalue weighted by Crippen LogP contribution is 2.29. The topological polar surface area (TPSA) is 78.4 Å². The summed E-state index contributed by atoms with van der Waals surface area (Å²) in [6, 6.07) is -0.316. The molecule has 2 saturated carbocycles. The second-order valence-electron chi connectivity index (χ2n) is 7.00. The van der Waals surface area contributed by atoms with Gasteiger partial charge in [-0.15, -0.1) is 0 Å². The Labute approximate surface area is 126 Å². The van der Waals surface area contributed by atoms with Crippen molar-refractivity contribution in [2.75, 3.05) is 0 Å². The predicted octanol–water partition coefficient (Wildman–Crippen LogP) is 3.19. The fraction of sp³-hybridized carbons (Fsp3) is 0.875. The lowest BCUT2D eigenvalue weighted by atomic mass is 9.83. The normalized spacial score (nSPS) is 24.6. The third-order valence-electron chi connectivity index (χ3n) is 5.09. The van der Waals surface area contributed by atoms with E-state index < -0.39 is 11.5 Å². The number of amides is 2. The number of carbonyl (C=O) groups is 2. The van der Waals surface area contributed by atoms with E-state index >= 15 is 0 Å². The van der Waals surface area contributed by atoms with E-state index in [1.165, 1.54) is 6.42 Å². The number of aliphatic carboxylic acids is 1. The average molecular weight is 296 g/mol. The maximum Gasteiger partial charge on any atom is 0.329 e. The van der Waals surface area contributed by atoms with Gasteiger partial charge in [0.25, 0.3) is 0 Å². The molecule has 0 atom stereocenters. The Hall–Kier alpha value is -1.26. The van der Waals surface area contributed by atoms with Crippen molar-refractivity contribution in [2.24, 2.45) is 0 Å². The van der Waals surface area contributed by atoms with Crippen molar-refractivity contribution in [1.82, 2.24) is 10.6 Å². The molecule has 2 rings (SSSR count). The Bertz CT molecular complexity index is 381. The molecule has 0 unspecified atom stereocenters. The monoisotopic (exact) mass is 296 g/mol. The molecule has 0 heterocycles. The van der Waals surface area contributed by atoms with Gasteiger partial charge >= 0.3 is 12.0 Å². The van der Waals surface area contributed by atoms with Crippen molar-refractivity contribution >= 4 is 12.0 Å². The minimum absolute atomic E-state index is 0.188. The zero-order chi connectivity index (χ0) is 15.3. The van der Waals surface area contributed by atoms with Crippen molar-refractivity contribution < 1.29 is 14.7 Å². The molecule has 0 aliphatic heterocycles. The molecule has 2 fully saturated rings. The van der Waals surface area contributed by atoms with Crippen LogP contribution in [-0.4, -0.2) is 28.2 Å². The Morgan fingerprint density at radius 3 is 1.81 bits per heavy atom. The van der Waals surface area contributed by atoms with Crippen LogP contribution in [0.5, 0.6) is 0 Å². The van der Waals surface area contributed by atoms with Gasteiger partial charge in [-0.3, -0.25) is 0 Å². The molecule has 5 nitrogen and oxygen atoms in total. The molecule has 5 heteroatoms. The summed E-state index contributed by atoms with van der Waals surface area (Å²) in [6.45, 7) is 2.06. The Kier molecular flexibility index (Phi) is 5.12. The maximum atomic E-state index is 12.3. The Balaban J connectivity index is 1.99. The molecule has 0 radical (unpaired) electrons. The number of urea groups is 1. The van der Waals surface area contributed by atoms with Crippen molar-refractivity contribution in [3.05, 3.63) is 0 Å². The summed E-state index contributed by atoms with van der Waals surface area (Å²) in [6.07, 6.45) is 10.3. The Morgan fingerprint density at radius 2 is 1.29 bits per heavy atom. The van der Waals surface area contributed by atoms with Crippen LogP contribution >= 0.6 is 0 Å². The molecular weight excluding hydrogens is 268 g/mol. The third-order valence-corrected chi connectivity index (χ3v) is 5.09. The molecule has 21 heavy (non-hydrogen) atoms. The summed E-state index contributed by atoms with van der Waals surface area (Å²) in [7, 11) is 0. The van der Waals surface area contributed by atoms with E-state index in [1.54, 1.807) is 0 Å². The number of carboxylic acid groups (broad SMARTS) is 1. The van der Waals surface area contributed by atoms with Crippen molar-refractivity contribution in [3.63, 3.8) is 0 Å². The van der Waals surface area contributed by atoms with Crippen LogP contribution in [0.2, 0.25) is 0 Å². The number of carboxylic acids is 1. The molecule has 3 N–H and O–H groups in total. The molecule has 0 aromatic heterocycles. The minimum atomic E-state index is -1.08. The van der Waals surface area contributed by atoms with Crippen molar-refractivity contribution in [2.45, 2.75) is 88.6 Å². The molecule has 2 amide bonds. The molecule has 120 valence electrons. The second-order valence-corrected chi connectivity index (χ2v) is 7.00. The number of hydrogen-bond donors (Lipinski definition) is 3. The minimum Gasteiger partial charge on any atom is -0.480 e. The van der Waals surface area contributed by atoms with Crippen LogP contribution < -0.4 is 10.6 Å². The summed E-state index contributed by atoms with van der Waals surface area (Å²) in [5.74, 6) is -0.895. The molecular formula is C16H28N2O3. The van der Waals surface area contributed by atoms with Gasteiger partial charge in [0.1, 0.15) is 5.54 Å². The van der Waals surface area contributed by atoms with Crippen LogP contribution in [0.1, 0.15) is 77.6 Å². The first kappa shape index (κ1) is 16.1. The smallest absolute Gasteiger partial charge is 0.329 e. The van der Waals surface area contributed by atoms with Crippen LogP contribution in [0.3, 0.4) is 0 Å². The molecule has 2 aliphatic rings. The van der Waals surface area contributed by atoms with Crippen LogP contribution in [0, 0.1) is 0 Å². The van der Waals surface area contributed by atoms with Gasteiger partial charge in [0, 0.05) is 5.54 Å². The summed E-state index contributed by atoms with van der Waals surface area (Å²) in [5.41, 5.74) is -1.27. The summed E-state index contributed by atoms with van der Waals surface area (Å²) < 4.78 is 0. The highest BCUT2D eigenvalue weighted by atomic mass is 16.4. The van der Waals surface area contributed by atoms with E-state index in [4.69, 9.17) is 0 Å². The van der Waals surface area contributed by atoms with Gasteiger partial charge in [0.2, 0.25) is 0 Å². The number of hydrogen-bond acceptors (Lipinski definition) is 2. The van der Waals surface area contributed by atoms with E-state index in [2.05, 4.69) is 17.6 Å². The van der Waals surface area contributed by atoms with E-state index in [1.807, 2.05) is 0 Å². The average Bonchev–Trinajstić information content (AvgIpc) is 2.65. The first-order chi connectivity index (χ1) is 9.96. The highest BCUT2D eigenvalue weighted by Gasteiger charge is 2.41. The van der Waals surface area contributed by atoms with Gasteiger partial charge < -0.3 is 15.7 Å². The number of rotatable bonds is 3.